The number of esters is 1. The fraction of sp³-hybridized carbons (Fsp3) is 0.867. The van der Waals surface area contributed by atoms with Crippen molar-refractivity contribution in [2.75, 3.05) is 6.54 Å². The Balaban J connectivity index is 1.39. The number of rotatable bonds is 8. The number of hydrogen-bond acceptors (Lipinski definition) is 3. The van der Waals surface area contributed by atoms with E-state index in [9.17, 15) is 22.8 Å². The molecule has 1 unspecified atom stereocenters. The monoisotopic (exact) mass is 525 g/mol. The first kappa shape index (κ1) is 28.5. The van der Waals surface area contributed by atoms with Gasteiger partial charge in [-0.15, -0.1) is 0 Å². The smallest absolute Gasteiger partial charge is 0.455 e. The number of fused-ring (bicyclic) bond motifs is 5. The van der Waals surface area contributed by atoms with Gasteiger partial charge in [-0.2, -0.15) is 13.2 Å². The van der Waals surface area contributed by atoms with Gasteiger partial charge in [-0.05, 0) is 98.2 Å². The summed E-state index contributed by atoms with van der Waals surface area (Å²) in [7, 11) is 0. The van der Waals surface area contributed by atoms with Gasteiger partial charge in [0.15, 0.2) is 0 Å². The van der Waals surface area contributed by atoms with Gasteiger partial charge < -0.3 is 10.1 Å². The molecule has 4 aliphatic carbocycles. The predicted molar refractivity (Wildman–Crippen MR) is 137 cm³/mol. The average molecular weight is 526 g/mol. The normalized spacial score (nSPS) is 38.0. The van der Waals surface area contributed by atoms with E-state index in [1.807, 2.05) is 0 Å². The number of nitrogens with one attached hydrogen (secondary N) is 1. The first-order valence-corrected chi connectivity index (χ1v) is 14.6. The molecular formula is C30H46F3NO3. The number of halogens is 3. The van der Waals surface area contributed by atoms with Crippen molar-refractivity contribution < 1.29 is 27.5 Å². The third-order valence-corrected chi connectivity index (χ3v) is 11.0. The lowest BCUT2D eigenvalue weighted by molar-refractivity contribution is -0.206. The number of hydrogen-bond donors (Lipinski definition) is 1. The Kier molecular flexibility index (Phi) is 8.40. The molecule has 7 heteroatoms. The number of alkyl halides is 3. The summed E-state index contributed by atoms with van der Waals surface area (Å²) < 4.78 is 43.0. The van der Waals surface area contributed by atoms with Gasteiger partial charge >= 0.3 is 12.1 Å². The maximum absolute atomic E-state index is 12.7. The Hall–Kier alpha value is -1.53. The van der Waals surface area contributed by atoms with Gasteiger partial charge in [0.1, 0.15) is 6.10 Å². The molecule has 0 aromatic carbocycles. The van der Waals surface area contributed by atoms with Crippen LogP contribution in [0.15, 0.2) is 11.6 Å². The lowest BCUT2D eigenvalue weighted by atomic mass is 9.47. The maximum atomic E-state index is 12.7. The molecule has 4 rings (SSSR count). The largest absolute Gasteiger partial charge is 0.490 e. The lowest BCUT2D eigenvalue weighted by Crippen LogP contribution is -2.51. The van der Waals surface area contributed by atoms with Gasteiger partial charge in [-0.3, -0.25) is 4.79 Å². The molecule has 0 spiro atoms. The summed E-state index contributed by atoms with van der Waals surface area (Å²) in [5.74, 6) is 1.09. The van der Waals surface area contributed by atoms with Gasteiger partial charge in [-0.25, -0.2) is 4.79 Å². The standard InChI is InChI=1S/C30H46F3NO3/c1-5-6-17-34-26(35)12-7-19(2)23-10-11-24-22-9-8-20-18-21(37-27(36)30(31,32)33)13-15-28(20,3)25(22)14-16-29(23,24)4/h8,19,21-25H,5-7,9-18H2,1-4H3,(H,34,35)/t19?,21-,22-,23+,24-,25-,28-,29+/m0/s1. The molecule has 0 aromatic heterocycles. The zero-order valence-corrected chi connectivity index (χ0v) is 23.1. The van der Waals surface area contributed by atoms with Crippen molar-refractivity contribution in [2.24, 2.45) is 40.4 Å². The summed E-state index contributed by atoms with van der Waals surface area (Å²) in [6, 6.07) is 0. The molecule has 3 fully saturated rings. The molecule has 0 bridgehead atoms. The third kappa shape index (κ3) is 5.61. The highest BCUT2D eigenvalue weighted by atomic mass is 19.4. The van der Waals surface area contributed by atoms with Crippen LogP contribution in [-0.2, 0) is 14.3 Å². The van der Waals surface area contributed by atoms with E-state index in [1.165, 1.54) is 24.8 Å². The number of ether oxygens (including phenoxy) is 1. The Morgan fingerprint density at radius 1 is 1.14 bits per heavy atom. The molecule has 4 nitrogen and oxygen atoms in total. The number of amides is 1. The van der Waals surface area contributed by atoms with E-state index in [4.69, 9.17) is 4.74 Å². The van der Waals surface area contributed by atoms with E-state index in [-0.39, 0.29) is 11.3 Å². The second kappa shape index (κ2) is 10.9. The molecule has 8 atom stereocenters. The molecule has 0 aliphatic heterocycles. The summed E-state index contributed by atoms with van der Waals surface area (Å²) >= 11 is 0. The first-order valence-electron chi connectivity index (χ1n) is 14.6. The molecule has 0 radical (unpaired) electrons. The first-order chi connectivity index (χ1) is 17.4. The number of carbonyl (C=O) groups excluding carboxylic acids is 2. The van der Waals surface area contributed by atoms with Gasteiger partial charge in [0.25, 0.3) is 0 Å². The van der Waals surface area contributed by atoms with Crippen molar-refractivity contribution in [3.63, 3.8) is 0 Å². The van der Waals surface area contributed by atoms with Crippen LogP contribution in [0.4, 0.5) is 13.2 Å². The van der Waals surface area contributed by atoms with Crippen LogP contribution < -0.4 is 5.32 Å². The van der Waals surface area contributed by atoms with Crippen LogP contribution in [0.25, 0.3) is 0 Å². The van der Waals surface area contributed by atoms with Crippen LogP contribution in [0, 0.1) is 40.4 Å². The number of carbonyl (C=O) groups is 2. The molecule has 0 aromatic rings. The minimum absolute atomic E-state index is 0.00827. The third-order valence-electron chi connectivity index (χ3n) is 11.0. The zero-order chi connectivity index (χ0) is 27.0. The molecule has 0 saturated heterocycles. The Labute approximate surface area is 220 Å². The van der Waals surface area contributed by atoms with Gasteiger partial charge in [0.2, 0.25) is 5.91 Å². The van der Waals surface area contributed by atoms with E-state index in [0.717, 1.165) is 45.1 Å². The van der Waals surface area contributed by atoms with E-state index < -0.39 is 18.2 Å². The van der Waals surface area contributed by atoms with Crippen molar-refractivity contribution in [3.8, 4) is 0 Å². The van der Waals surface area contributed by atoms with Crippen molar-refractivity contribution in [1.82, 2.24) is 5.32 Å². The second-order valence-electron chi connectivity index (χ2n) is 13.0. The molecule has 3 saturated carbocycles. The summed E-state index contributed by atoms with van der Waals surface area (Å²) in [4.78, 5) is 23.7. The van der Waals surface area contributed by atoms with Crippen LogP contribution in [0.2, 0.25) is 0 Å². The quantitative estimate of drug-likeness (QED) is 0.204. The predicted octanol–water partition coefficient (Wildman–Crippen LogP) is 7.37. The zero-order valence-electron chi connectivity index (χ0n) is 23.1. The maximum Gasteiger partial charge on any atom is 0.490 e. The van der Waals surface area contributed by atoms with E-state index in [0.29, 0.717) is 54.3 Å². The Bertz CT molecular complexity index is 886. The van der Waals surface area contributed by atoms with Crippen molar-refractivity contribution in [1.29, 1.82) is 0 Å². The molecule has 1 N–H and O–H groups in total. The highest BCUT2D eigenvalue weighted by Gasteiger charge is 2.59. The van der Waals surface area contributed by atoms with E-state index in [1.54, 1.807) is 0 Å². The molecule has 1 amide bonds. The molecule has 4 aliphatic rings. The van der Waals surface area contributed by atoms with Crippen LogP contribution in [-0.4, -0.2) is 30.7 Å². The fourth-order valence-corrected chi connectivity index (χ4v) is 8.97. The van der Waals surface area contributed by atoms with Crippen LogP contribution >= 0.6 is 0 Å². The van der Waals surface area contributed by atoms with E-state index >= 15 is 0 Å². The van der Waals surface area contributed by atoms with E-state index in [2.05, 4.69) is 39.1 Å². The Morgan fingerprint density at radius 3 is 2.59 bits per heavy atom. The minimum atomic E-state index is -4.93. The molecule has 210 valence electrons. The summed E-state index contributed by atoms with van der Waals surface area (Å²) in [5, 5.41) is 3.06. The van der Waals surface area contributed by atoms with Gasteiger partial charge in [0, 0.05) is 19.4 Å². The molecule has 37 heavy (non-hydrogen) atoms. The summed E-state index contributed by atoms with van der Waals surface area (Å²) in [6.07, 6.45) is 7.85. The number of unbranched alkanes of at least 4 members (excludes halogenated alkanes) is 1. The highest BCUT2D eigenvalue weighted by molar-refractivity contribution is 5.76. The SMILES string of the molecule is CCCCNC(=O)CCC(C)[C@H]1CC[C@H]2[C@@H]3CC=C4C[C@@H](OC(=O)C(F)(F)F)CC[C@]4(C)[C@H]3CC[C@]12C. The minimum Gasteiger partial charge on any atom is -0.455 e. The van der Waals surface area contributed by atoms with Gasteiger partial charge in [-0.1, -0.05) is 45.8 Å². The topological polar surface area (TPSA) is 55.4 Å². The average Bonchev–Trinajstić information content (AvgIpc) is 3.19. The summed E-state index contributed by atoms with van der Waals surface area (Å²) in [6.45, 7) is 10.1. The van der Waals surface area contributed by atoms with Crippen LogP contribution in [0.1, 0.15) is 105 Å². The summed E-state index contributed by atoms with van der Waals surface area (Å²) in [5.41, 5.74) is 1.49. The lowest BCUT2D eigenvalue weighted by Gasteiger charge is -2.58. The van der Waals surface area contributed by atoms with Gasteiger partial charge in [0.05, 0.1) is 0 Å². The highest BCUT2D eigenvalue weighted by Crippen LogP contribution is 2.67. The fourth-order valence-electron chi connectivity index (χ4n) is 8.97. The second-order valence-corrected chi connectivity index (χ2v) is 13.0. The van der Waals surface area contributed by atoms with Crippen molar-refractivity contribution >= 4 is 11.9 Å². The van der Waals surface area contributed by atoms with Crippen molar-refractivity contribution in [2.45, 2.75) is 117 Å². The Morgan fingerprint density at radius 2 is 1.89 bits per heavy atom. The van der Waals surface area contributed by atoms with Crippen LogP contribution in [0.5, 0.6) is 0 Å². The molecular weight excluding hydrogens is 479 g/mol. The molecule has 0 heterocycles. The number of allylic oxidation sites excluding steroid dienone is 1. The van der Waals surface area contributed by atoms with Crippen molar-refractivity contribution in [3.05, 3.63) is 11.6 Å². The van der Waals surface area contributed by atoms with Crippen LogP contribution in [0.3, 0.4) is 0 Å².